The number of pyridine rings is 1. The summed E-state index contributed by atoms with van der Waals surface area (Å²) in [6, 6.07) is 0. The van der Waals surface area contributed by atoms with Crippen LogP contribution in [0.3, 0.4) is 0 Å². The Morgan fingerprint density at radius 1 is 1.60 bits per heavy atom. The SMILES string of the molecule is COC(=O)c1ncc(C(F)F)c(C)c1Cl. The summed E-state index contributed by atoms with van der Waals surface area (Å²) in [5, 5.41) is -0.0975. The van der Waals surface area contributed by atoms with Gasteiger partial charge in [-0.2, -0.15) is 0 Å². The van der Waals surface area contributed by atoms with E-state index in [-0.39, 0.29) is 21.8 Å². The summed E-state index contributed by atoms with van der Waals surface area (Å²) in [6.07, 6.45) is -1.74. The number of hydrogen-bond donors (Lipinski definition) is 0. The third-order valence-corrected chi connectivity index (χ3v) is 2.38. The van der Waals surface area contributed by atoms with Crippen LogP contribution in [0.15, 0.2) is 6.20 Å². The molecule has 1 heterocycles. The van der Waals surface area contributed by atoms with Gasteiger partial charge in [0.25, 0.3) is 6.43 Å². The Kier molecular flexibility index (Phi) is 3.57. The van der Waals surface area contributed by atoms with Crippen molar-refractivity contribution in [2.45, 2.75) is 13.3 Å². The molecule has 0 unspecified atom stereocenters. The molecule has 0 saturated carbocycles. The zero-order chi connectivity index (χ0) is 11.6. The second-order valence-electron chi connectivity index (χ2n) is 2.79. The van der Waals surface area contributed by atoms with Crippen LogP contribution in [0.4, 0.5) is 8.78 Å². The summed E-state index contributed by atoms with van der Waals surface area (Å²) in [5.41, 5.74) is -0.296. The highest BCUT2D eigenvalue weighted by Crippen LogP contribution is 2.28. The monoisotopic (exact) mass is 235 g/mol. The maximum absolute atomic E-state index is 12.4. The van der Waals surface area contributed by atoms with Gasteiger partial charge in [0.15, 0.2) is 5.69 Å². The normalized spacial score (nSPS) is 10.5. The van der Waals surface area contributed by atoms with Gasteiger partial charge in [-0.3, -0.25) is 0 Å². The highest BCUT2D eigenvalue weighted by atomic mass is 35.5. The first-order valence-corrected chi connectivity index (χ1v) is 4.38. The number of rotatable bonds is 2. The molecule has 1 rings (SSSR count). The van der Waals surface area contributed by atoms with Crippen LogP contribution < -0.4 is 0 Å². The minimum Gasteiger partial charge on any atom is -0.464 e. The van der Waals surface area contributed by atoms with Gasteiger partial charge in [0, 0.05) is 11.8 Å². The van der Waals surface area contributed by atoms with E-state index in [0.29, 0.717) is 0 Å². The molecule has 0 bridgehead atoms. The number of ether oxygens (including phenoxy) is 1. The molecule has 0 saturated heterocycles. The van der Waals surface area contributed by atoms with E-state index in [1.165, 1.54) is 6.92 Å². The highest BCUT2D eigenvalue weighted by molar-refractivity contribution is 6.34. The van der Waals surface area contributed by atoms with Gasteiger partial charge in [-0.25, -0.2) is 18.6 Å². The summed E-state index contributed by atoms with van der Waals surface area (Å²) < 4.78 is 29.2. The molecule has 15 heavy (non-hydrogen) atoms. The average molecular weight is 236 g/mol. The summed E-state index contributed by atoms with van der Waals surface area (Å²) in [6.45, 7) is 1.40. The first-order chi connectivity index (χ1) is 6.99. The average Bonchev–Trinajstić information content (AvgIpc) is 2.20. The lowest BCUT2D eigenvalue weighted by Crippen LogP contribution is -2.07. The third kappa shape index (κ3) is 2.23. The molecule has 3 nitrogen and oxygen atoms in total. The molecule has 0 fully saturated rings. The van der Waals surface area contributed by atoms with Gasteiger partial charge in [0.1, 0.15) is 0 Å². The molecule has 0 aliphatic heterocycles. The Hall–Kier alpha value is -1.23. The van der Waals surface area contributed by atoms with Crippen LogP contribution in [0.5, 0.6) is 0 Å². The van der Waals surface area contributed by atoms with Crippen molar-refractivity contribution in [2.24, 2.45) is 0 Å². The van der Waals surface area contributed by atoms with Crippen molar-refractivity contribution in [1.29, 1.82) is 0 Å². The van der Waals surface area contributed by atoms with Gasteiger partial charge in [0.2, 0.25) is 0 Å². The van der Waals surface area contributed by atoms with Crippen molar-refractivity contribution in [3.8, 4) is 0 Å². The van der Waals surface area contributed by atoms with Crippen LogP contribution in [0.1, 0.15) is 28.0 Å². The minimum absolute atomic E-state index is 0.0975. The van der Waals surface area contributed by atoms with Gasteiger partial charge >= 0.3 is 5.97 Å². The van der Waals surface area contributed by atoms with E-state index in [9.17, 15) is 13.6 Å². The van der Waals surface area contributed by atoms with Gasteiger partial charge in [-0.05, 0) is 12.5 Å². The predicted octanol–water partition coefficient (Wildman–Crippen LogP) is 2.77. The molecule has 0 aromatic carbocycles. The van der Waals surface area contributed by atoms with Gasteiger partial charge < -0.3 is 4.74 Å². The molecule has 0 spiro atoms. The second kappa shape index (κ2) is 4.53. The number of alkyl halides is 2. The van der Waals surface area contributed by atoms with E-state index < -0.39 is 12.4 Å². The van der Waals surface area contributed by atoms with E-state index in [1.807, 2.05) is 0 Å². The van der Waals surface area contributed by atoms with Crippen molar-refractivity contribution in [3.63, 3.8) is 0 Å². The molecule has 6 heteroatoms. The lowest BCUT2D eigenvalue weighted by atomic mass is 10.1. The fourth-order valence-corrected chi connectivity index (χ4v) is 1.29. The van der Waals surface area contributed by atoms with E-state index in [0.717, 1.165) is 13.3 Å². The van der Waals surface area contributed by atoms with E-state index in [4.69, 9.17) is 11.6 Å². The largest absolute Gasteiger partial charge is 0.464 e. The molecule has 0 atom stereocenters. The molecular weight excluding hydrogens is 228 g/mol. The summed E-state index contributed by atoms with van der Waals surface area (Å²) in [4.78, 5) is 14.7. The van der Waals surface area contributed by atoms with Crippen molar-refractivity contribution in [2.75, 3.05) is 7.11 Å². The maximum Gasteiger partial charge on any atom is 0.358 e. The quantitative estimate of drug-likeness (QED) is 0.740. The van der Waals surface area contributed by atoms with Crippen LogP contribution in [0.2, 0.25) is 5.02 Å². The molecule has 1 aromatic heterocycles. The Morgan fingerprint density at radius 3 is 2.67 bits per heavy atom. The lowest BCUT2D eigenvalue weighted by Gasteiger charge is -2.08. The Labute approximate surface area is 90.0 Å². The fraction of sp³-hybridized carbons (Fsp3) is 0.333. The smallest absolute Gasteiger partial charge is 0.358 e. The van der Waals surface area contributed by atoms with Crippen molar-refractivity contribution < 1.29 is 18.3 Å². The minimum atomic E-state index is -2.67. The third-order valence-electron chi connectivity index (χ3n) is 1.92. The lowest BCUT2D eigenvalue weighted by molar-refractivity contribution is 0.0593. The topological polar surface area (TPSA) is 39.2 Å². The second-order valence-corrected chi connectivity index (χ2v) is 3.17. The molecule has 0 amide bonds. The van der Waals surface area contributed by atoms with Gasteiger partial charge in [-0.1, -0.05) is 11.6 Å². The fourth-order valence-electron chi connectivity index (χ4n) is 1.05. The number of carbonyl (C=O) groups is 1. The highest BCUT2D eigenvalue weighted by Gasteiger charge is 2.20. The Balaban J connectivity index is 3.27. The molecule has 0 N–H and O–H groups in total. The summed E-state index contributed by atoms with van der Waals surface area (Å²) in [5.74, 6) is -0.746. The van der Waals surface area contributed by atoms with Crippen LogP contribution >= 0.6 is 11.6 Å². The molecule has 0 radical (unpaired) electrons. The van der Waals surface area contributed by atoms with Crippen LogP contribution in [0.25, 0.3) is 0 Å². The molecule has 0 aliphatic carbocycles. The number of carbonyl (C=O) groups excluding carboxylic acids is 1. The van der Waals surface area contributed by atoms with Crippen LogP contribution in [-0.2, 0) is 4.74 Å². The van der Waals surface area contributed by atoms with Gasteiger partial charge in [-0.15, -0.1) is 0 Å². The molecule has 1 aromatic rings. The number of esters is 1. The number of halogens is 3. The molecule has 82 valence electrons. The van der Waals surface area contributed by atoms with Crippen LogP contribution in [0, 0.1) is 6.92 Å². The Morgan fingerprint density at radius 2 is 2.20 bits per heavy atom. The Bertz CT molecular complexity index is 396. The predicted molar refractivity (Wildman–Crippen MR) is 50.3 cm³/mol. The number of aromatic nitrogens is 1. The summed E-state index contributed by atoms with van der Waals surface area (Å²) >= 11 is 5.72. The first-order valence-electron chi connectivity index (χ1n) is 4.00. The zero-order valence-corrected chi connectivity index (χ0v) is 8.81. The molecule has 0 aliphatic rings. The number of methoxy groups -OCH3 is 1. The van der Waals surface area contributed by atoms with E-state index in [1.54, 1.807) is 0 Å². The van der Waals surface area contributed by atoms with Crippen molar-refractivity contribution >= 4 is 17.6 Å². The van der Waals surface area contributed by atoms with Crippen molar-refractivity contribution in [3.05, 3.63) is 28.0 Å². The number of hydrogen-bond acceptors (Lipinski definition) is 3. The zero-order valence-electron chi connectivity index (χ0n) is 8.05. The van der Waals surface area contributed by atoms with Crippen molar-refractivity contribution in [1.82, 2.24) is 4.98 Å². The standard InChI is InChI=1S/C9H8ClF2NO2/c1-4-5(8(11)12)3-13-7(6(4)10)9(14)15-2/h3,8H,1-2H3. The number of nitrogens with zero attached hydrogens (tertiary/aromatic N) is 1. The van der Waals surface area contributed by atoms with E-state index >= 15 is 0 Å². The molecular formula is C9H8ClF2NO2. The van der Waals surface area contributed by atoms with E-state index in [2.05, 4.69) is 9.72 Å². The maximum atomic E-state index is 12.4. The van der Waals surface area contributed by atoms with Gasteiger partial charge in [0.05, 0.1) is 12.1 Å². The first kappa shape index (κ1) is 11.8. The summed E-state index contributed by atoms with van der Waals surface area (Å²) in [7, 11) is 1.16. The van der Waals surface area contributed by atoms with Crippen LogP contribution in [-0.4, -0.2) is 18.1 Å².